The topological polar surface area (TPSA) is 3.24 Å². The third-order valence-electron chi connectivity index (χ3n) is 3.14. The Bertz CT molecular complexity index is 306. The Morgan fingerprint density at radius 3 is 2.47 bits per heavy atom. The maximum Gasteiger partial charge on any atom is 0.0230 e. The van der Waals surface area contributed by atoms with Crippen LogP contribution in [0, 0.1) is 5.41 Å². The summed E-state index contributed by atoms with van der Waals surface area (Å²) in [6.07, 6.45) is 2.77. The maximum atomic E-state index is 3.62. The molecule has 0 saturated heterocycles. The standard InChI is InChI=1S/C13H18BrN/c1-15(11-13(10-14)7-8-13)9-12-5-3-2-4-6-12/h2-6H,7-11H2,1H3. The highest BCUT2D eigenvalue weighted by atomic mass is 79.9. The first kappa shape index (κ1) is 11.2. The van der Waals surface area contributed by atoms with E-state index in [1.807, 2.05) is 0 Å². The van der Waals surface area contributed by atoms with Gasteiger partial charge in [0.2, 0.25) is 0 Å². The minimum atomic E-state index is 0.587. The molecule has 0 aliphatic heterocycles. The highest BCUT2D eigenvalue weighted by Gasteiger charge is 2.41. The molecule has 1 nitrogen and oxygen atoms in total. The van der Waals surface area contributed by atoms with E-state index in [1.54, 1.807) is 0 Å². The molecule has 1 aliphatic rings. The summed E-state index contributed by atoms with van der Waals surface area (Å²) in [6, 6.07) is 10.7. The average Bonchev–Trinajstić information content (AvgIpc) is 3.00. The van der Waals surface area contributed by atoms with Gasteiger partial charge in [0.25, 0.3) is 0 Å². The molecule has 0 aromatic heterocycles. The summed E-state index contributed by atoms with van der Waals surface area (Å²) in [4.78, 5) is 2.43. The van der Waals surface area contributed by atoms with Crippen molar-refractivity contribution >= 4 is 15.9 Å². The quantitative estimate of drug-likeness (QED) is 0.741. The summed E-state index contributed by atoms with van der Waals surface area (Å²) in [6.45, 7) is 2.28. The Labute approximate surface area is 101 Å². The van der Waals surface area contributed by atoms with Crippen molar-refractivity contribution in [3.8, 4) is 0 Å². The number of alkyl halides is 1. The first-order valence-electron chi connectivity index (χ1n) is 5.53. The molecule has 0 amide bonds. The minimum absolute atomic E-state index is 0.587. The van der Waals surface area contributed by atoms with E-state index in [9.17, 15) is 0 Å². The van der Waals surface area contributed by atoms with Gasteiger partial charge in [0, 0.05) is 18.4 Å². The van der Waals surface area contributed by atoms with Gasteiger partial charge in [-0.25, -0.2) is 0 Å². The van der Waals surface area contributed by atoms with Crippen LogP contribution >= 0.6 is 15.9 Å². The first-order chi connectivity index (χ1) is 7.24. The molecular weight excluding hydrogens is 250 g/mol. The van der Waals surface area contributed by atoms with Gasteiger partial charge in [-0.05, 0) is 30.9 Å². The van der Waals surface area contributed by atoms with Crippen molar-refractivity contribution in [1.29, 1.82) is 0 Å². The largest absolute Gasteiger partial charge is 0.302 e. The van der Waals surface area contributed by atoms with Gasteiger partial charge in [0.1, 0.15) is 0 Å². The Morgan fingerprint density at radius 1 is 1.27 bits per heavy atom. The molecule has 0 radical (unpaired) electrons. The van der Waals surface area contributed by atoms with Gasteiger partial charge in [-0.2, -0.15) is 0 Å². The minimum Gasteiger partial charge on any atom is -0.302 e. The van der Waals surface area contributed by atoms with Crippen LogP contribution < -0.4 is 0 Å². The Balaban J connectivity index is 1.85. The zero-order valence-electron chi connectivity index (χ0n) is 9.25. The van der Waals surface area contributed by atoms with Gasteiger partial charge in [0.15, 0.2) is 0 Å². The van der Waals surface area contributed by atoms with E-state index in [-0.39, 0.29) is 0 Å². The predicted molar refractivity (Wildman–Crippen MR) is 68.2 cm³/mol. The zero-order chi connectivity index (χ0) is 10.7. The third-order valence-corrected chi connectivity index (χ3v) is 4.33. The third kappa shape index (κ3) is 3.05. The van der Waals surface area contributed by atoms with Crippen molar-refractivity contribution in [3.05, 3.63) is 35.9 Å². The summed E-state index contributed by atoms with van der Waals surface area (Å²) in [5, 5.41) is 1.15. The van der Waals surface area contributed by atoms with Crippen molar-refractivity contribution in [1.82, 2.24) is 4.90 Å². The molecule has 1 aliphatic carbocycles. The van der Waals surface area contributed by atoms with Gasteiger partial charge in [-0.3, -0.25) is 0 Å². The lowest BCUT2D eigenvalue weighted by Gasteiger charge is -2.22. The van der Waals surface area contributed by atoms with Crippen molar-refractivity contribution in [2.24, 2.45) is 5.41 Å². The van der Waals surface area contributed by atoms with Crippen LogP contribution in [0.1, 0.15) is 18.4 Å². The van der Waals surface area contributed by atoms with E-state index in [4.69, 9.17) is 0 Å². The summed E-state index contributed by atoms with van der Waals surface area (Å²) in [5.41, 5.74) is 1.99. The molecule has 1 saturated carbocycles. The van der Waals surface area contributed by atoms with E-state index >= 15 is 0 Å². The van der Waals surface area contributed by atoms with E-state index in [2.05, 4.69) is 58.2 Å². The van der Waals surface area contributed by atoms with Gasteiger partial charge in [-0.15, -0.1) is 0 Å². The van der Waals surface area contributed by atoms with Crippen LogP contribution in [0.15, 0.2) is 30.3 Å². The molecule has 82 valence electrons. The molecule has 0 atom stereocenters. The average molecular weight is 268 g/mol. The van der Waals surface area contributed by atoms with E-state index in [0.29, 0.717) is 5.41 Å². The maximum absolute atomic E-state index is 3.62. The summed E-state index contributed by atoms with van der Waals surface area (Å²) >= 11 is 3.62. The van der Waals surface area contributed by atoms with Gasteiger partial charge < -0.3 is 4.90 Å². The van der Waals surface area contributed by atoms with Crippen LogP contribution in [0.5, 0.6) is 0 Å². The Kier molecular flexibility index (Phi) is 3.47. The monoisotopic (exact) mass is 267 g/mol. The Morgan fingerprint density at radius 2 is 1.93 bits per heavy atom. The van der Waals surface area contributed by atoms with E-state index in [0.717, 1.165) is 11.9 Å². The smallest absolute Gasteiger partial charge is 0.0230 e. The number of benzene rings is 1. The molecule has 0 N–H and O–H groups in total. The lowest BCUT2D eigenvalue weighted by atomic mass is 10.1. The van der Waals surface area contributed by atoms with Crippen molar-refractivity contribution < 1.29 is 0 Å². The molecule has 0 heterocycles. The van der Waals surface area contributed by atoms with Crippen LogP contribution in [0.4, 0.5) is 0 Å². The van der Waals surface area contributed by atoms with Crippen LogP contribution in [-0.4, -0.2) is 23.8 Å². The zero-order valence-corrected chi connectivity index (χ0v) is 10.8. The summed E-state index contributed by atoms with van der Waals surface area (Å²) in [5.74, 6) is 0. The number of hydrogen-bond acceptors (Lipinski definition) is 1. The summed E-state index contributed by atoms with van der Waals surface area (Å²) < 4.78 is 0. The molecule has 1 aromatic carbocycles. The fourth-order valence-corrected chi connectivity index (χ4v) is 2.77. The van der Waals surface area contributed by atoms with Crippen LogP contribution in [0.3, 0.4) is 0 Å². The molecule has 2 heteroatoms. The second kappa shape index (κ2) is 4.67. The lowest BCUT2D eigenvalue weighted by Crippen LogP contribution is -2.27. The lowest BCUT2D eigenvalue weighted by molar-refractivity contribution is 0.271. The molecule has 0 bridgehead atoms. The van der Waals surface area contributed by atoms with Crippen molar-refractivity contribution in [2.45, 2.75) is 19.4 Å². The van der Waals surface area contributed by atoms with Crippen LogP contribution in [0.25, 0.3) is 0 Å². The number of hydrogen-bond donors (Lipinski definition) is 0. The van der Waals surface area contributed by atoms with E-state index in [1.165, 1.54) is 24.9 Å². The van der Waals surface area contributed by atoms with E-state index < -0.39 is 0 Å². The number of nitrogens with zero attached hydrogens (tertiary/aromatic N) is 1. The van der Waals surface area contributed by atoms with Gasteiger partial charge >= 0.3 is 0 Å². The second-order valence-corrected chi connectivity index (χ2v) is 5.35. The SMILES string of the molecule is CN(Cc1ccccc1)CC1(CBr)CC1. The fraction of sp³-hybridized carbons (Fsp3) is 0.538. The molecule has 15 heavy (non-hydrogen) atoms. The number of rotatable bonds is 5. The molecule has 0 spiro atoms. The fourth-order valence-electron chi connectivity index (χ4n) is 2.03. The molecule has 2 rings (SSSR count). The van der Waals surface area contributed by atoms with Gasteiger partial charge in [-0.1, -0.05) is 46.3 Å². The Hall–Kier alpha value is -0.340. The van der Waals surface area contributed by atoms with Gasteiger partial charge in [0.05, 0.1) is 0 Å². The summed E-state index contributed by atoms with van der Waals surface area (Å²) in [7, 11) is 2.22. The normalized spacial score (nSPS) is 18.1. The molecule has 0 unspecified atom stereocenters. The second-order valence-electron chi connectivity index (χ2n) is 4.79. The predicted octanol–water partition coefficient (Wildman–Crippen LogP) is 3.29. The molecule has 1 fully saturated rings. The molecule has 1 aromatic rings. The first-order valence-corrected chi connectivity index (χ1v) is 6.65. The van der Waals surface area contributed by atoms with Crippen LogP contribution in [-0.2, 0) is 6.54 Å². The number of halogens is 1. The van der Waals surface area contributed by atoms with Crippen LogP contribution in [0.2, 0.25) is 0 Å². The van der Waals surface area contributed by atoms with Crippen molar-refractivity contribution in [3.63, 3.8) is 0 Å². The highest BCUT2D eigenvalue weighted by Crippen LogP contribution is 2.47. The molecular formula is C13H18BrN. The van der Waals surface area contributed by atoms with Crippen molar-refractivity contribution in [2.75, 3.05) is 18.9 Å². The highest BCUT2D eigenvalue weighted by molar-refractivity contribution is 9.09.